The van der Waals surface area contributed by atoms with Crippen molar-refractivity contribution >= 4 is 23.4 Å². The van der Waals surface area contributed by atoms with Gasteiger partial charge < -0.3 is 4.74 Å². The van der Waals surface area contributed by atoms with Gasteiger partial charge in [0.25, 0.3) is 0 Å². The third-order valence-corrected chi connectivity index (χ3v) is 4.01. The lowest BCUT2D eigenvalue weighted by atomic mass is 10.2. The van der Waals surface area contributed by atoms with Crippen molar-refractivity contribution in [1.29, 1.82) is 0 Å². The van der Waals surface area contributed by atoms with Crippen LogP contribution < -0.4 is 0 Å². The molecule has 0 saturated heterocycles. The van der Waals surface area contributed by atoms with Crippen LogP contribution in [0.4, 0.5) is 0 Å². The Balaban J connectivity index is 1.95. The number of benzene rings is 1. The molecule has 1 atom stereocenters. The molecule has 17 heavy (non-hydrogen) atoms. The van der Waals surface area contributed by atoms with Crippen molar-refractivity contribution in [3.05, 3.63) is 35.9 Å². The van der Waals surface area contributed by atoms with Crippen molar-refractivity contribution in [2.24, 2.45) is 0 Å². The summed E-state index contributed by atoms with van der Waals surface area (Å²) >= 11 is 7.67. The van der Waals surface area contributed by atoms with Crippen molar-refractivity contribution < 1.29 is 4.74 Å². The van der Waals surface area contributed by atoms with Crippen LogP contribution in [0.1, 0.15) is 25.3 Å². The van der Waals surface area contributed by atoms with Gasteiger partial charge in [-0.3, -0.25) is 0 Å². The summed E-state index contributed by atoms with van der Waals surface area (Å²) in [4.78, 5) is 0. The van der Waals surface area contributed by atoms with E-state index in [9.17, 15) is 0 Å². The van der Waals surface area contributed by atoms with E-state index in [1.165, 1.54) is 5.56 Å². The summed E-state index contributed by atoms with van der Waals surface area (Å²) in [6.07, 6.45) is 2.21. The Labute approximate surface area is 114 Å². The molecule has 1 nitrogen and oxygen atoms in total. The second-order valence-electron chi connectivity index (χ2n) is 4.05. The molecule has 0 saturated carbocycles. The van der Waals surface area contributed by atoms with Crippen molar-refractivity contribution in [2.45, 2.75) is 31.6 Å². The van der Waals surface area contributed by atoms with Gasteiger partial charge in [0.1, 0.15) is 0 Å². The van der Waals surface area contributed by atoms with Crippen LogP contribution in [0.3, 0.4) is 0 Å². The van der Waals surface area contributed by atoms with Crippen molar-refractivity contribution in [2.75, 3.05) is 18.2 Å². The standard InChI is InChI=1S/C14H21ClOS/c1-13(8-9-15)17-11-5-10-16-12-14-6-3-2-4-7-14/h2-4,6-7,13H,5,8-12H2,1H3. The normalized spacial score (nSPS) is 12.6. The van der Waals surface area contributed by atoms with Crippen molar-refractivity contribution in [1.82, 2.24) is 0 Å². The van der Waals surface area contributed by atoms with Crippen LogP contribution in [0.2, 0.25) is 0 Å². The Kier molecular flexibility index (Phi) is 8.59. The molecule has 0 radical (unpaired) electrons. The van der Waals surface area contributed by atoms with E-state index in [1.54, 1.807) is 0 Å². The van der Waals surface area contributed by atoms with Crippen LogP contribution in [-0.2, 0) is 11.3 Å². The largest absolute Gasteiger partial charge is 0.377 e. The molecular formula is C14H21ClOS. The fourth-order valence-corrected chi connectivity index (χ4v) is 2.87. The lowest BCUT2D eigenvalue weighted by Crippen LogP contribution is -2.01. The zero-order valence-electron chi connectivity index (χ0n) is 10.4. The Hall–Kier alpha value is -0.180. The third kappa shape index (κ3) is 7.69. The fraction of sp³-hybridized carbons (Fsp3) is 0.571. The van der Waals surface area contributed by atoms with Crippen LogP contribution in [0.25, 0.3) is 0 Å². The van der Waals surface area contributed by atoms with E-state index in [1.807, 2.05) is 30.0 Å². The minimum atomic E-state index is 0.668. The van der Waals surface area contributed by atoms with E-state index in [4.69, 9.17) is 16.3 Å². The molecule has 3 heteroatoms. The monoisotopic (exact) mass is 272 g/mol. The lowest BCUT2D eigenvalue weighted by Gasteiger charge is -2.09. The van der Waals surface area contributed by atoms with Gasteiger partial charge >= 0.3 is 0 Å². The lowest BCUT2D eigenvalue weighted by molar-refractivity contribution is 0.122. The van der Waals surface area contributed by atoms with Crippen LogP contribution >= 0.6 is 23.4 Å². The summed E-state index contributed by atoms with van der Waals surface area (Å²) < 4.78 is 5.62. The molecule has 1 rings (SSSR count). The van der Waals surface area contributed by atoms with Crippen LogP contribution in [0.15, 0.2) is 30.3 Å². The average molecular weight is 273 g/mol. The topological polar surface area (TPSA) is 9.23 Å². The Morgan fingerprint density at radius 1 is 1.29 bits per heavy atom. The highest BCUT2D eigenvalue weighted by atomic mass is 35.5. The minimum Gasteiger partial charge on any atom is -0.377 e. The van der Waals surface area contributed by atoms with Gasteiger partial charge in [0.05, 0.1) is 6.61 Å². The second-order valence-corrected chi connectivity index (χ2v) is 5.98. The summed E-state index contributed by atoms with van der Waals surface area (Å²) in [5, 5.41) is 0.668. The highest BCUT2D eigenvalue weighted by Crippen LogP contribution is 2.15. The quantitative estimate of drug-likeness (QED) is 0.488. The molecule has 1 aromatic rings. The summed E-state index contributed by atoms with van der Waals surface area (Å²) in [5.41, 5.74) is 1.25. The van der Waals surface area contributed by atoms with Crippen LogP contribution in [0.5, 0.6) is 0 Å². The van der Waals surface area contributed by atoms with E-state index in [0.717, 1.165) is 37.7 Å². The first-order valence-corrected chi connectivity index (χ1v) is 7.70. The maximum atomic E-state index is 5.69. The van der Waals surface area contributed by atoms with Gasteiger partial charge in [0, 0.05) is 17.7 Å². The number of hydrogen-bond acceptors (Lipinski definition) is 2. The first-order chi connectivity index (χ1) is 8.33. The summed E-state index contributed by atoms with van der Waals surface area (Å²) in [6, 6.07) is 10.3. The van der Waals surface area contributed by atoms with Gasteiger partial charge in [-0.15, -0.1) is 11.6 Å². The second kappa shape index (κ2) is 9.81. The first-order valence-electron chi connectivity index (χ1n) is 6.12. The molecular weight excluding hydrogens is 252 g/mol. The number of halogens is 1. The highest BCUT2D eigenvalue weighted by Gasteiger charge is 2.00. The van der Waals surface area contributed by atoms with Gasteiger partial charge in [0.15, 0.2) is 0 Å². The smallest absolute Gasteiger partial charge is 0.0716 e. The SMILES string of the molecule is CC(CCCl)SCCCOCc1ccccc1. The van der Waals surface area contributed by atoms with Crippen LogP contribution in [-0.4, -0.2) is 23.5 Å². The summed E-state index contributed by atoms with van der Waals surface area (Å²) in [7, 11) is 0. The zero-order chi connectivity index (χ0) is 12.3. The molecule has 1 unspecified atom stereocenters. The number of ether oxygens (including phenoxy) is 1. The van der Waals surface area contributed by atoms with E-state index >= 15 is 0 Å². The summed E-state index contributed by atoms with van der Waals surface area (Å²) in [6.45, 7) is 3.80. The van der Waals surface area contributed by atoms with Gasteiger partial charge in [-0.2, -0.15) is 11.8 Å². The van der Waals surface area contributed by atoms with E-state index in [2.05, 4.69) is 19.1 Å². The number of rotatable bonds is 9. The Bertz CT molecular complexity index is 279. The predicted molar refractivity (Wildman–Crippen MR) is 78.0 cm³/mol. The van der Waals surface area contributed by atoms with Gasteiger partial charge in [0.2, 0.25) is 0 Å². The van der Waals surface area contributed by atoms with Gasteiger partial charge in [-0.05, 0) is 24.2 Å². The maximum absolute atomic E-state index is 5.69. The minimum absolute atomic E-state index is 0.668. The number of thioether (sulfide) groups is 1. The molecule has 96 valence electrons. The maximum Gasteiger partial charge on any atom is 0.0716 e. The third-order valence-electron chi connectivity index (χ3n) is 2.46. The molecule has 0 amide bonds. The molecule has 0 aliphatic heterocycles. The predicted octanol–water partition coefficient (Wildman–Crippen LogP) is 4.34. The van der Waals surface area contributed by atoms with Crippen LogP contribution in [0, 0.1) is 0 Å². The highest BCUT2D eigenvalue weighted by molar-refractivity contribution is 7.99. The van der Waals surface area contributed by atoms with Gasteiger partial charge in [-0.25, -0.2) is 0 Å². The molecule has 0 fully saturated rings. The molecule has 0 bridgehead atoms. The molecule has 0 heterocycles. The molecule has 0 aliphatic carbocycles. The molecule has 0 aliphatic rings. The molecule has 0 N–H and O–H groups in total. The van der Waals surface area contributed by atoms with Crippen molar-refractivity contribution in [3.63, 3.8) is 0 Å². The molecule has 0 aromatic heterocycles. The van der Waals surface area contributed by atoms with E-state index in [0.29, 0.717) is 5.25 Å². The Morgan fingerprint density at radius 3 is 2.76 bits per heavy atom. The van der Waals surface area contributed by atoms with Gasteiger partial charge in [-0.1, -0.05) is 37.3 Å². The first kappa shape index (κ1) is 14.9. The van der Waals surface area contributed by atoms with Crippen molar-refractivity contribution in [3.8, 4) is 0 Å². The summed E-state index contributed by atoms with van der Waals surface area (Å²) in [5.74, 6) is 1.92. The Morgan fingerprint density at radius 2 is 2.06 bits per heavy atom. The van der Waals surface area contributed by atoms with E-state index < -0.39 is 0 Å². The number of alkyl halides is 1. The molecule has 1 aromatic carbocycles. The zero-order valence-corrected chi connectivity index (χ0v) is 12.0. The van der Waals surface area contributed by atoms with E-state index in [-0.39, 0.29) is 0 Å². The number of hydrogen-bond donors (Lipinski definition) is 0. The molecule has 0 spiro atoms. The average Bonchev–Trinajstić information content (AvgIpc) is 2.35. The fourth-order valence-electron chi connectivity index (χ4n) is 1.45.